The van der Waals surface area contributed by atoms with Gasteiger partial charge in [-0.2, -0.15) is 4.72 Å². The summed E-state index contributed by atoms with van der Waals surface area (Å²) in [5.41, 5.74) is 0.227. The van der Waals surface area contributed by atoms with Crippen LogP contribution >= 0.6 is 0 Å². The Morgan fingerprint density at radius 1 is 0.931 bits per heavy atom. The van der Waals surface area contributed by atoms with Gasteiger partial charge >= 0.3 is 0 Å². The number of benzene rings is 2. The summed E-state index contributed by atoms with van der Waals surface area (Å²) in [6, 6.07) is 8.84. The molecule has 1 N–H and O–H groups in total. The fourth-order valence-electron chi connectivity index (χ4n) is 2.38. The summed E-state index contributed by atoms with van der Waals surface area (Å²) >= 11 is 0. The lowest BCUT2D eigenvalue weighted by Gasteiger charge is -2.12. The van der Waals surface area contributed by atoms with Crippen LogP contribution in [0.5, 0.6) is 23.0 Å². The molecule has 0 bridgehead atoms. The van der Waals surface area contributed by atoms with Gasteiger partial charge in [-0.05, 0) is 42.3 Å². The third kappa shape index (κ3) is 5.40. The molecule has 0 aromatic heterocycles. The number of rotatable bonds is 8. The number of Topliss-reactive ketones (excluding diaryl/α,β-unsaturated/α-hetero) is 1. The van der Waals surface area contributed by atoms with Crippen LogP contribution in [-0.2, 0) is 10.0 Å². The molecule has 2 aromatic rings. The minimum Gasteiger partial charge on any atom is -0.497 e. The molecule has 2 aromatic carbocycles. The summed E-state index contributed by atoms with van der Waals surface area (Å²) in [7, 11) is 2.06. The van der Waals surface area contributed by atoms with Crippen LogP contribution in [-0.4, -0.2) is 49.2 Å². The maximum atomic E-state index is 12.3. The zero-order chi connectivity index (χ0) is 21.4. The Hall–Kier alpha value is -3.22. The second-order valence-electron chi connectivity index (χ2n) is 5.54. The number of hydrogen-bond donors (Lipinski definition) is 1. The minimum atomic E-state index is -3.75. The highest BCUT2D eigenvalue weighted by molar-refractivity contribution is 7.89. The van der Waals surface area contributed by atoms with Crippen LogP contribution in [0.25, 0.3) is 0 Å². The molecule has 0 aliphatic carbocycles. The SMILES string of the molecule is COc1ccc(S(=O)(=O)NCC#CC(=O)c2cc(OC)c(OC)c(OC)c2)cc1. The van der Waals surface area contributed by atoms with E-state index in [0.29, 0.717) is 23.0 Å². The molecule has 2 rings (SSSR count). The molecular formula is C20H21NO7S. The molecule has 0 spiro atoms. The van der Waals surface area contributed by atoms with E-state index < -0.39 is 15.8 Å². The molecule has 0 fully saturated rings. The Kier molecular flexibility index (Phi) is 7.47. The first kappa shape index (κ1) is 22.1. The van der Waals surface area contributed by atoms with E-state index in [4.69, 9.17) is 18.9 Å². The molecule has 0 atom stereocenters. The van der Waals surface area contributed by atoms with Gasteiger partial charge in [-0.15, -0.1) is 0 Å². The number of ether oxygens (including phenoxy) is 4. The van der Waals surface area contributed by atoms with E-state index in [1.54, 1.807) is 0 Å². The van der Waals surface area contributed by atoms with E-state index in [1.165, 1.54) is 64.8 Å². The van der Waals surface area contributed by atoms with Crippen molar-refractivity contribution in [3.8, 4) is 34.8 Å². The van der Waals surface area contributed by atoms with Crippen molar-refractivity contribution >= 4 is 15.8 Å². The zero-order valence-electron chi connectivity index (χ0n) is 16.4. The Morgan fingerprint density at radius 3 is 2.00 bits per heavy atom. The van der Waals surface area contributed by atoms with Gasteiger partial charge in [-0.25, -0.2) is 8.42 Å². The fourth-order valence-corrected chi connectivity index (χ4v) is 3.30. The van der Waals surface area contributed by atoms with Gasteiger partial charge in [0.25, 0.3) is 0 Å². The van der Waals surface area contributed by atoms with E-state index in [0.717, 1.165) is 0 Å². The summed E-state index contributed by atoms with van der Waals surface area (Å²) in [5.74, 6) is 5.91. The first-order valence-corrected chi connectivity index (χ1v) is 9.81. The molecule has 8 nitrogen and oxygen atoms in total. The molecule has 29 heavy (non-hydrogen) atoms. The van der Waals surface area contributed by atoms with Gasteiger partial charge in [-0.3, -0.25) is 4.79 Å². The Morgan fingerprint density at radius 2 is 1.52 bits per heavy atom. The number of methoxy groups -OCH3 is 4. The van der Waals surface area contributed by atoms with Crippen molar-refractivity contribution in [2.45, 2.75) is 4.90 Å². The average molecular weight is 419 g/mol. The monoisotopic (exact) mass is 419 g/mol. The largest absolute Gasteiger partial charge is 0.497 e. The van der Waals surface area contributed by atoms with Crippen molar-refractivity contribution in [3.63, 3.8) is 0 Å². The Labute approximate surface area is 169 Å². The van der Waals surface area contributed by atoms with E-state index >= 15 is 0 Å². The van der Waals surface area contributed by atoms with Crippen LogP contribution in [0.4, 0.5) is 0 Å². The van der Waals surface area contributed by atoms with Crippen LogP contribution in [0, 0.1) is 11.8 Å². The van der Waals surface area contributed by atoms with Crippen LogP contribution < -0.4 is 23.7 Å². The topological polar surface area (TPSA) is 100 Å². The second kappa shape index (κ2) is 9.82. The molecule has 0 aliphatic heterocycles. The number of ketones is 1. The van der Waals surface area contributed by atoms with Gasteiger partial charge in [0.2, 0.25) is 21.6 Å². The van der Waals surface area contributed by atoms with Crippen LogP contribution in [0.2, 0.25) is 0 Å². The standard InChI is InChI=1S/C20H21NO7S/c1-25-15-7-9-16(10-8-15)29(23,24)21-11-5-6-17(22)14-12-18(26-2)20(28-4)19(13-14)27-3/h7-10,12-13,21H,11H2,1-4H3. The minimum absolute atomic E-state index is 0.0658. The van der Waals surface area contributed by atoms with Crippen molar-refractivity contribution in [2.75, 3.05) is 35.0 Å². The summed E-state index contributed by atoms with van der Waals surface area (Å²) in [4.78, 5) is 12.4. The lowest BCUT2D eigenvalue weighted by molar-refractivity contribution is 0.105. The fraction of sp³-hybridized carbons (Fsp3) is 0.250. The number of carbonyl (C=O) groups excluding carboxylic acids is 1. The smallest absolute Gasteiger partial charge is 0.241 e. The van der Waals surface area contributed by atoms with Gasteiger partial charge in [0.15, 0.2) is 11.5 Å². The second-order valence-corrected chi connectivity index (χ2v) is 7.31. The normalized spacial score (nSPS) is 10.5. The van der Waals surface area contributed by atoms with E-state index in [1.807, 2.05) is 0 Å². The molecule has 9 heteroatoms. The maximum Gasteiger partial charge on any atom is 0.241 e. The predicted molar refractivity (Wildman–Crippen MR) is 106 cm³/mol. The highest BCUT2D eigenvalue weighted by Crippen LogP contribution is 2.38. The molecule has 0 unspecified atom stereocenters. The Bertz CT molecular complexity index is 1010. The van der Waals surface area contributed by atoms with E-state index in [9.17, 15) is 13.2 Å². The van der Waals surface area contributed by atoms with E-state index in [-0.39, 0.29) is 17.0 Å². The molecule has 154 valence electrons. The van der Waals surface area contributed by atoms with Crippen molar-refractivity contribution in [3.05, 3.63) is 42.0 Å². The Balaban J connectivity index is 2.11. The van der Waals surface area contributed by atoms with Crippen molar-refractivity contribution in [1.82, 2.24) is 4.72 Å². The van der Waals surface area contributed by atoms with Crippen molar-refractivity contribution < 1.29 is 32.2 Å². The quantitative estimate of drug-likeness (QED) is 0.396. The highest BCUT2D eigenvalue weighted by atomic mass is 32.2. The summed E-state index contributed by atoms with van der Waals surface area (Å²) < 4.78 is 47.4. The van der Waals surface area contributed by atoms with E-state index in [2.05, 4.69) is 16.6 Å². The maximum absolute atomic E-state index is 12.3. The first-order valence-electron chi connectivity index (χ1n) is 8.33. The lowest BCUT2D eigenvalue weighted by Crippen LogP contribution is -2.24. The highest BCUT2D eigenvalue weighted by Gasteiger charge is 2.16. The number of sulfonamides is 1. The van der Waals surface area contributed by atoms with Crippen LogP contribution in [0.15, 0.2) is 41.3 Å². The van der Waals surface area contributed by atoms with Gasteiger partial charge in [0.05, 0.1) is 39.9 Å². The van der Waals surface area contributed by atoms with Gasteiger partial charge in [0.1, 0.15) is 5.75 Å². The third-order valence-corrected chi connectivity index (χ3v) is 5.27. The summed E-state index contributed by atoms with van der Waals surface area (Å²) in [5, 5.41) is 0. The molecule has 0 radical (unpaired) electrons. The third-order valence-electron chi connectivity index (χ3n) is 3.85. The number of hydrogen-bond acceptors (Lipinski definition) is 7. The zero-order valence-corrected chi connectivity index (χ0v) is 17.3. The summed E-state index contributed by atoms with van der Waals surface area (Å²) in [6.07, 6.45) is 0. The number of carbonyl (C=O) groups is 1. The predicted octanol–water partition coefficient (Wildman–Crippen LogP) is 1.89. The molecular weight excluding hydrogens is 398 g/mol. The lowest BCUT2D eigenvalue weighted by atomic mass is 10.1. The molecule has 0 heterocycles. The van der Waals surface area contributed by atoms with Crippen LogP contribution in [0.3, 0.4) is 0 Å². The van der Waals surface area contributed by atoms with Crippen molar-refractivity contribution in [1.29, 1.82) is 0 Å². The molecule has 0 aliphatic rings. The van der Waals surface area contributed by atoms with Gasteiger partial charge < -0.3 is 18.9 Å². The first-order chi connectivity index (χ1) is 13.9. The molecule has 0 saturated carbocycles. The molecule has 0 saturated heterocycles. The van der Waals surface area contributed by atoms with Crippen LogP contribution in [0.1, 0.15) is 10.4 Å². The van der Waals surface area contributed by atoms with Gasteiger partial charge in [-0.1, -0.05) is 5.92 Å². The van der Waals surface area contributed by atoms with Gasteiger partial charge in [0, 0.05) is 5.56 Å². The van der Waals surface area contributed by atoms with Crippen molar-refractivity contribution in [2.24, 2.45) is 0 Å². The summed E-state index contributed by atoms with van der Waals surface area (Å²) in [6.45, 7) is -0.232. The average Bonchev–Trinajstić information content (AvgIpc) is 2.75. The number of nitrogens with one attached hydrogen (secondary N) is 1. The molecule has 0 amide bonds.